The summed E-state index contributed by atoms with van der Waals surface area (Å²) in [7, 11) is 3.45. The smallest absolute Gasteiger partial charge is 0.416 e. The number of unbranched alkanes of at least 4 members (excludes halogenated alkanes) is 1. The number of aromatic nitrogens is 6. The van der Waals surface area contributed by atoms with Gasteiger partial charge in [-0.25, -0.2) is 9.78 Å². The van der Waals surface area contributed by atoms with Crippen molar-refractivity contribution in [2.24, 2.45) is 14.1 Å². The normalized spacial score (nSPS) is 13.1. The summed E-state index contributed by atoms with van der Waals surface area (Å²) in [5.74, 6) is -0.107. The number of alkyl halides is 3. The molecular weight excluding hydrogens is 591 g/mol. The van der Waals surface area contributed by atoms with Crippen LogP contribution >= 0.6 is 0 Å². The SMILES string of the molecule is Cn1cnnc1-c1cnn(C)c1-c1cc(N(CCCC#N)C(=O)OC(C)(C)C)nc(N2Cc3c(cccc3C(F)(F)F)C2=O)c1. The van der Waals surface area contributed by atoms with Crippen LogP contribution in [0.4, 0.5) is 29.6 Å². The van der Waals surface area contributed by atoms with Crippen LogP contribution in [0.2, 0.25) is 0 Å². The number of rotatable bonds is 7. The van der Waals surface area contributed by atoms with Gasteiger partial charge in [0.05, 0.1) is 35.6 Å². The predicted octanol–water partition coefficient (Wildman–Crippen LogP) is 5.50. The fourth-order valence-corrected chi connectivity index (χ4v) is 5.10. The molecule has 0 saturated carbocycles. The number of anilines is 2. The lowest BCUT2D eigenvalue weighted by Gasteiger charge is -2.28. The molecule has 5 rings (SSSR count). The van der Waals surface area contributed by atoms with E-state index >= 15 is 0 Å². The summed E-state index contributed by atoms with van der Waals surface area (Å²) < 4.78 is 50.6. The Morgan fingerprint density at radius 3 is 2.56 bits per heavy atom. The van der Waals surface area contributed by atoms with Crippen LogP contribution in [0.3, 0.4) is 0 Å². The third-order valence-electron chi connectivity index (χ3n) is 7.07. The number of pyridine rings is 1. The van der Waals surface area contributed by atoms with Gasteiger partial charge in [-0.05, 0) is 57.0 Å². The molecule has 15 heteroatoms. The van der Waals surface area contributed by atoms with Gasteiger partial charge >= 0.3 is 12.3 Å². The number of hydrogen-bond donors (Lipinski definition) is 0. The highest BCUT2D eigenvalue weighted by Gasteiger charge is 2.40. The number of fused-ring (bicyclic) bond motifs is 1. The number of ether oxygens (including phenoxy) is 1. The first-order chi connectivity index (χ1) is 21.2. The number of halogens is 3. The molecule has 0 radical (unpaired) electrons. The molecule has 1 aliphatic heterocycles. The van der Waals surface area contributed by atoms with Gasteiger partial charge in [-0.3, -0.25) is 19.3 Å². The fourth-order valence-electron chi connectivity index (χ4n) is 5.10. The Balaban J connectivity index is 1.70. The molecule has 1 aliphatic rings. The molecule has 0 bridgehead atoms. The lowest BCUT2D eigenvalue weighted by Crippen LogP contribution is -2.38. The van der Waals surface area contributed by atoms with Crippen molar-refractivity contribution >= 4 is 23.6 Å². The van der Waals surface area contributed by atoms with Gasteiger partial charge < -0.3 is 9.30 Å². The van der Waals surface area contributed by atoms with Gasteiger partial charge in [0.2, 0.25) is 0 Å². The molecule has 4 heterocycles. The van der Waals surface area contributed by atoms with Crippen molar-refractivity contribution in [3.63, 3.8) is 0 Å². The van der Waals surface area contributed by atoms with Crippen LogP contribution in [-0.4, -0.2) is 53.7 Å². The molecule has 4 aromatic rings. The van der Waals surface area contributed by atoms with Gasteiger partial charge in [0.1, 0.15) is 23.6 Å². The van der Waals surface area contributed by atoms with E-state index in [0.717, 1.165) is 11.0 Å². The molecule has 45 heavy (non-hydrogen) atoms. The Hall–Kier alpha value is -5.26. The minimum atomic E-state index is -4.67. The first kappa shape index (κ1) is 31.2. The average Bonchev–Trinajstić information content (AvgIpc) is 3.65. The second-order valence-electron chi connectivity index (χ2n) is 11.5. The zero-order valence-electron chi connectivity index (χ0n) is 25.3. The Morgan fingerprint density at radius 1 is 1.16 bits per heavy atom. The number of carbonyl (C=O) groups excluding carboxylic acids is 2. The van der Waals surface area contributed by atoms with Crippen LogP contribution in [0, 0.1) is 11.3 Å². The number of carbonyl (C=O) groups is 2. The number of aryl methyl sites for hydroxylation is 2. The molecule has 0 aliphatic carbocycles. The minimum Gasteiger partial charge on any atom is -0.443 e. The molecule has 12 nitrogen and oxygen atoms in total. The van der Waals surface area contributed by atoms with Crippen molar-refractivity contribution in [3.05, 3.63) is 59.5 Å². The van der Waals surface area contributed by atoms with Gasteiger partial charge in [-0.15, -0.1) is 10.2 Å². The molecule has 3 aromatic heterocycles. The Kier molecular flexibility index (Phi) is 8.09. The molecule has 0 saturated heterocycles. The van der Waals surface area contributed by atoms with Crippen molar-refractivity contribution in [2.45, 2.75) is 51.9 Å². The number of hydrogen-bond acceptors (Lipinski definition) is 8. The number of nitriles is 1. The average molecular weight is 622 g/mol. The van der Waals surface area contributed by atoms with E-state index in [-0.39, 0.29) is 48.7 Å². The first-order valence-electron chi connectivity index (χ1n) is 14.0. The van der Waals surface area contributed by atoms with Gasteiger partial charge in [-0.2, -0.15) is 23.5 Å². The molecule has 0 N–H and O–H groups in total. The summed E-state index contributed by atoms with van der Waals surface area (Å²) in [5, 5.41) is 21.7. The number of benzene rings is 1. The van der Waals surface area contributed by atoms with E-state index in [4.69, 9.17) is 10.00 Å². The summed E-state index contributed by atoms with van der Waals surface area (Å²) in [6.07, 6.45) is -1.88. The maximum Gasteiger partial charge on any atom is 0.416 e. The highest BCUT2D eigenvalue weighted by atomic mass is 19.4. The third-order valence-corrected chi connectivity index (χ3v) is 7.07. The van der Waals surface area contributed by atoms with E-state index in [9.17, 15) is 22.8 Å². The lowest BCUT2D eigenvalue weighted by molar-refractivity contribution is -0.138. The largest absolute Gasteiger partial charge is 0.443 e. The molecule has 0 spiro atoms. The van der Waals surface area contributed by atoms with Gasteiger partial charge in [-0.1, -0.05) is 6.07 Å². The summed E-state index contributed by atoms with van der Waals surface area (Å²) >= 11 is 0. The van der Waals surface area contributed by atoms with Crippen molar-refractivity contribution in [3.8, 4) is 28.7 Å². The minimum absolute atomic E-state index is 0.00998. The summed E-state index contributed by atoms with van der Waals surface area (Å²) in [6.45, 7) is 4.77. The molecule has 0 atom stereocenters. The zero-order valence-corrected chi connectivity index (χ0v) is 25.3. The van der Waals surface area contributed by atoms with Crippen LogP contribution in [0.5, 0.6) is 0 Å². The summed E-state index contributed by atoms with van der Waals surface area (Å²) in [4.78, 5) is 34.1. The maximum atomic E-state index is 13.9. The van der Waals surface area contributed by atoms with Crippen LogP contribution in [-0.2, 0) is 31.6 Å². The topological polar surface area (TPSA) is 135 Å². The molecule has 2 amide bonds. The van der Waals surface area contributed by atoms with Gasteiger partial charge in [0.25, 0.3) is 5.91 Å². The van der Waals surface area contributed by atoms with Crippen molar-refractivity contribution in [1.29, 1.82) is 5.26 Å². The summed E-state index contributed by atoms with van der Waals surface area (Å²) in [5.41, 5.74) is -0.482. The van der Waals surface area contributed by atoms with Crippen LogP contribution < -0.4 is 9.80 Å². The predicted molar refractivity (Wildman–Crippen MR) is 157 cm³/mol. The van der Waals surface area contributed by atoms with Crippen molar-refractivity contribution in [1.82, 2.24) is 29.5 Å². The Labute approximate surface area is 256 Å². The standard InChI is InChI=1S/C30H30F3N9O3/c1-29(2,3)45-28(44)41(12-7-6-11-34)23-13-18(25-20(15-36-40(25)5)26-38-35-17-39(26)4)14-24(37-23)42-16-21-19(27(42)43)9-8-10-22(21)30(31,32)33/h8-10,13-15,17H,6-7,12,16H2,1-5H3. The molecular formula is C30H30F3N9O3. The highest BCUT2D eigenvalue weighted by molar-refractivity contribution is 6.10. The van der Waals surface area contributed by atoms with Gasteiger partial charge in [0, 0.05) is 38.2 Å². The monoisotopic (exact) mass is 621 g/mol. The lowest BCUT2D eigenvalue weighted by atomic mass is 10.0. The molecule has 0 fully saturated rings. The third kappa shape index (κ3) is 6.21. The second kappa shape index (κ2) is 11.7. The Bertz CT molecular complexity index is 1820. The van der Waals surface area contributed by atoms with Crippen LogP contribution in [0.15, 0.2) is 42.9 Å². The molecule has 1 aromatic carbocycles. The zero-order chi connectivity index (χ0) is 32.7. The highest BCUT2D eigenvalue weighted by Crippen LogP contribution is 2.40. The van der Waals surface area contributed by atoms with Crippen molar-refractivity contribution in [2.75, 3.05) is 16.3 Å². The van der Waals surface area contributed by atoms with E-state index in [0.29, 0.717) is 22.6 Å². The van der Waals surface area contributed by atoms with Gasteiger partial charge in [0.15, 0.2) is 5.82 Å². The van der Waals surface area contributed by atoms with E-state index in [1.54, 1.807) is 62.4 Å². The number of amides is 2. The van der Waals surface area contributed by atoms with E-state index in [1.807, 2.05) is 0 Å². The maximum absolute atomic E-state index is 13.9. The quantitative estimate of drug-likeness (QED) is 0.247. The van der Waals surface area contributed by atoms with E-state index in [1.165, 1.54) is 23.4 Å². The first-order valence-corrected chi connectivity index (χ1v) is 14.0. The fraction of sp³-hybridized carbons (Fsp3) is 0.367. The second-order valence-corrected chi connectivity index (χ2v) is 11.5. The van der Waals surface area contributed by atoms with Crippen LogP contribution in [0.1, 0.15) is 55.1 Å². The van der Waals surface area contributed by atoms with Crippen molar-refractivity contribution < 1.29 is 27.5 Å². The molecule has 234 valence electrons. The molecule has 0 unspecified atom stereocenters. The number of nitrogens with zero attached hydrogens (tertiary/aromatic N) is 9. The van der Waals surface area contributed by atoms with Crippen LogP contribution in [0.25, 0.3) is 22.6 Å². The van der Waals surface area contributed by atoms with E-state index < -0.39 is 29.3 Å². The Morgan fingerprint density at radius 2 is 1.91 bits per heavy atom. The van der Waals surface area contributed by atoms with E-state index in [2.05, 4.69) is 26.3 Å². The summed E-state index contributed by atoms with van der Waals surface area (Å²) in [6, 6.07) is 8.69.